The van der Waals surface area contributed by atoms with E-state index in [-0.39, 0.29) is 17.1 Å². The molecule has 6 rings (SSSR count). The first kappa shape index (κ1) is 27.2. The van der Waals surface area contributed by atoms with Crippen LogP contribution in [-0.4, -0.2) is 109 Å². The summed E-state index contributed by atoms with van der Waals surface area (Å²) in [6.07, 6.45) is 7.36. The van der Waals surface area contributed by atoms with Crippen LogP contribution in [0, 0.1) is 12.8 Å². The largest absolute Gasteiger partial charge is 0.369 e. The van der Waals surface area contributed by atoms with E-state index in [0.29, 0.717) is 5.92 Å². The molecular formula is C30H44N8O2. The fourth-order valence-corrected chi connectivity index (χ4v) is 6.59. The molecule has 10 heteroatoms. The Morgan fingerprint density at radius 1 is 1.18 bits per heavy atom. The molecule has 3 fully saturated rings. The highest BCUT2D eigenvalue weighted by Crippen LogP contribution is 2.32. The minimum absolute atomic E-state index is 0.0266. The van der Waals surface area contributed by atoms with Gasteiger partial charge in [0.2, 0.25) is 0 Å². The van der Waals surface area contributed by atoms with Crippen molar-refractivity contribution in [1.29, 1.82) is 0 Å². The molecule has 5 aliphatic heterocycles. The predicted molar refractivity (Wildman–Crippen MR) is 159 cm³/mol. The van der Waals surface area contributed by atoms with Crippen LogP contribution in [0.3, 0.4) is 0 Å². The summed E-state index contributed by atoms with van der Waals surface area (Å²) in [4.78, 5) is 29.5. The molecule has 0 amide bonds. The number of ether oxygens (including phenoxy) is 1. The van der Waals surface area contributed by atoms with Crippen molar-refractivity contribution in [2.24, 2.45) is 23.0 Å². The van der Waals surface area contributed by atoms with Crippen LogP contribution in [0.2, 0.25) is 0 Å². The zero-order valence-electron chi connectivity index (χ0n) is 24.4. The van der Waals surface area contributed by atoms with Crippen LogP contribution >= 0.6 is 0 Å². The number of aliphatic imine (C=N–C) groups is 2. The summed E-state index contributed by atoms with van der Waals surface area (Å²) >= 11 is 0. The number of aromatic nitrogens is 1. The van der Waals surface area contributed by atoms with Crippen molar-refractivity contribution in [3.8, 4) is 0 Å². The smallest absolute Gasteiger partial charge is 0.253 e. The third-order valence-electron chi connectivity index (χ3n) is 8.87. The number of nitrogens with zero attached hydrogens (tertiary/aromatic N) is 6. The van der Waals surface area contributed by atoms with Gasteiger partial charge in [-0.25, -0.2) is 9.98 Å². The fraction of sp³-hybridized carbons (Fsp3) is 0.633. The highest BCUT2D eigenvalue weighted by atomic mass is 16.5. The standard InChI is InChI=1S/C30H44N8O2/c1-21(2)27-25(24-13-22(3)28(39)35(4)17-24)5-6-26(34-27)37-10-8-36(9-11-37)16-23-14-32-29(33-15-23)38-19-30(20-38)18-31-7-12-40-30/h6,13-14,17,21,25,31H,5,7-12,15-16,18-20H2,1-4H3,(H,32,33). The lowest BCUT2D eigenvalue weighted by molar-refractivity contribution is -0.135. The van der Waals surface area contributed by atoms with Crippen molar-refractivity contribution in [3.63, 3.8) is 0 Å². The lowest BCUT2D eigenvalue weighted by Gasteiger charge is -2.52. The second-order valence-corrected chi connectivity index (χ2v) is 12.3. The van der Waals surface area contributed by atoms with E-state index in [4.69, 9.17) is 14.7 Å². The average Bonchev–Trinajstić information content (AvgIpc) is 2.95. The van der Waals surface area contributed by atoms with E-state index in [1.54, 1.807) is 4.57 Å². The Kier molecular flexibility index (Phi) is 7.58. The molecule has 10 nitrogen and oxygen atoms in total. The van der Waals surface area contributed by atoms with Crippen LogP contribution in [0.5, 0.6) is 0 Å². The van der Waals surface area contributed by atoms with E-state index in [1.165, 1.54) is 16.8 Å². The topological polar surface area (TPSA) is 89.7 Å². The van der Waals surface area contributed by atoms with Gasteiger partial charge in [0, 0.05) is 82.5 Å². The number of morpholine rings is 1. The Morgan fingerprint density at radius 3 is 2.62 bits per heavy atom. The lowest BCUT2D eigenvalue weighted by Crippen LogP contribution is -2.72. The SMILES string of the molecule is Cc1cc(C2CC=C(N3CCN(CC4=CNC(N5CC6(CNCCO6)C5)=NC4)CC3)N=C2C(C)C)cn(C)c1=O. The second kappa shape index (κ2) is 11.1. The molecule has 0 saturated carbocycles. The first-order valence-corrected chi connectivity index (χ1v) is 14.8. The first-order chi connectivity index (χ1) is 19.3. The third-order valence-corrected chi connectivity index (χ3v) is 8.87. The number of aryl methyl sites for hydroxylation is 2. The lowest BCUT2D eigenvalue weighted by atomic mass is 9.84. The van der Waals surface area contributed by atoms with Gasteiger partial charge in [-0.1, -0.05) is 13.8 Å². The number of pyridine rings is 1. The summed E-state index contributed by atoms with van der Waals surface area (Å²) < 4.78 is 7.72. The summed E-state index contributed by atoms with van der Waals surface area (Å²) in [7, 11) is 1.84. The summed E-state index contributed by atoms with van der Waals surface area (Å²) in [5.74, 6) is 2.65. The van der Waals surface area contributed by atoms with E-state index < -0.39 is 0 Å². The second-order valence-electron chi connectivity index (χ2n) is 12.3. The minimum atomic E-state index is -0.0266. The van der Waals surface area contributed by atoms with Gasteiger partial charge in [-0.15, -0.1) is 0 Å². The van der Waals surface area contributed by atoms with Gasteiger partial charge < -0.3 is 29.7 Å². The summed E-state index contributed by atoms with van der Waals surface area (Å²) in [6.45, 7) is 16.5. The van der Waals surface area contributed by atoms with Gasteiger partial charge in [-0.2, -0.15) is 0 Å². The number of hydrogen-bond acceptors (Lipinski definition) is 9. The Morgan fingerprint density at radius 2 is 1.98 bits per heavy atom. The van der Waals surface area contributed by atoms with E-state index in [2.05, 4.69) is 51.5 Å². The van der Waals surface area contributed by atoms with Gasteiger partial charge in [0.15, 0.2) is 5.96 Å². The van der Waals surface area contributed by atoms with Gasteiger partial charge in [0.1, 0.15) is 11.4 Å². The molecule has 0 aromatic carbocycles. The molecular weight excluding hydrogens is 504 g/mol. The Labute approximate surface area is 237 Å². The average molecular weight is 549 g/mol. The zero-order chi connectivity index (χ0) is 27.9. The summed E-state index contributed by atoms with van der Waals surface area (Å²) in [6, 6.07) is 2.05. The number of nitrogens with one attached hydrogen (secondary N) is 2. The molecule has 0 bridgehead atoms. The fourth-order valence-electron chi connectivity index (χ4n) is 6.59. The predicted octanol–water partition coefficient (Wildman–Crippen LogP) is 1.25. The number of hydrogen-bond donors (Lipinski definition) is 2. The molecule has 216 valence electrons. The van der Waals surface area contributed by atoms with E-state index in [0.717, 1.165) is 95.8 Å². The third kappa shape index (κ3) is 5.49. The van der Waals surface area contributed by atoms with Crippen molar-refractivity contribution in [2.45, 2.75) is 38.7 Å². The molecule has 5 aliphatic rings. The zero-order valence-corrected chi connectivity index (χ0v) is 24.4. The molecule has 1 aromatic heterocycles. The number of rotatable bonds is 5. The van der Waals surface area contributed by atoms with E-state index in [1.807, 2.05) is 26.2 Å². The van der Waals surface area contributed by atoms with Crippen LogP contribution in [0.4, 0.5) is 0 Å². The molecule has 1 aromatic rings. The van der Waals surface area contributed by atoms with Crippen molar-refractivity contribution in [3.05, 3.63) is 57.4 Å². The highest BCUT2D eigenvalue weighted by Gasteiger charge is 2.46. The molecule has 2 N–H and O–H groups in total. The maximum Gasteiger partial charge on any atom is 0.253 e. The van der Waals surface area contributed by atoms with E-state index >= 15 is 0 Å². The number of guanidine groups is 1. The van der Waals surface area contributed by atoms with Crippen LogP contribution in [-0.2, 0) is 11.8 Å². The van der Waals surface area contributed by atoms with Gasteiger partial charge in [-0.3, -0.25) is 9.69 Å². The first-order valence-electron chi connectivity index (χ1n) is 14.8. The number of likely N-dealkylation sites (tertiary alicyclic amines) is 1. The van der Waals surface area contributed by atoms with Crippen LogP contribution in [0.25, 0.3) is 0 Å². The Hall–Kier alpha value is -2.95. The molecule has 0 aliphatic carbocycles. The molecule has 0 radical (unpaired) electrons. The van der Waals surface area contributed by atoms with Gasteiger partial charge >= 0.3 is 0 Å². The van der Waals surface area contributed by atoms with Crippen LogP contribution in [0.15, 0.2) is 50.7 Å². The Balaban J connectivity index is 1.00. The molecule has 1 spiro atoms. The van der Waals surface area contributed by atoms with Gasteiger partial charge in [0.25, 0.3) is 5.56 Å². The normalized spacial score (nSPS) is 25.2. The minimum Gasteiger partial charge on any atom is -0.369 e. The number of piperazine rings is 1. The van der Waals surface area contributed by atoms with Gasteiger partial charge in [-0.05, 0) is 42.5 Å². The summed E-state index contributed by atoms with van der Waals surface area (Å²) in [5, 5.41) is 6.89. The molecule has 3 saturated heterocycles. The molecule has 6 heterocycles. The van der Waals surface area contributed by atoms with Crippen molar-refractivity contribution >= 4 is 11.7 Å². The van der Waals surface area contributed by atoms with Crippen LogP contribution in [0.1, 0.15) is 37.3 Å². The van der Waals surface area contributed by atoms with Crippen LogP contribution < -0.4 is 16.2 Å². The molecule has 1 atom stereocenters. The maximum absolute atomic E-state index is 12.2. The quantitative estimate of drug-likeness (QED) is 0.573. The highest BCUT2D eigenvalue weighted by molar-refractivity contribution is 5.94. The number of allylic oxidation sites excluding steroid dienone is 1. The van der Waals surface area contributed by atoms with Gasteiger partial charge in [0.05, 0.1) is 26.2 Å². The Bertz CT molecular complexity index is 1260. The van der Waals surface area contributed by atoms with Crippen molar-refractivity contribution < 1.29 is 4.74 Å². The van der Waals surface area contributed by atoms with Crippen molar-refractivity contribution in [2.75, 3.05) is 72.1 Å². The molecule has 1 unspecified atom stereocenters. The monoisotopic (exact) mass is 548 g/mol. The van der Waals surface area contributed by atoms with E-state index in [9.17, 15) is 4.79 Å². The maximum atomic E-state index is 12.2. The molecule has 40 heavy (non-hydrogen) atoms. The summed E-state index contributed by atoms with van der Waals surface area (Å²) in [5.41, 5.74) is 4.56. The van der Waals surface area contributed by atoms with Crippen molar-refractivity contribution in [1.82, 2.24) is 29.9 Å².